The van der Waals surface area contributed by atoms with Gasteiger partial charge < -0.3 is 15.4 Å². The van der Waals surface area contributed by atoms with Crippen molar-refractivity contribution >= 4 is 18.3 Å². The van der Waals surface area contributed by atoms with Crippen LogP contribution < -0.4 is 5.73 Å². The van der Waals surface area contributed by atoms with Crippen LogP contribution in [-0.4, -0.2) is 42.6 Å². The molecule has 2 heterocycles. The van der Waals surface area contributed by atoms with E-state index in [0.29, 0.717) is 12.5 Å². The van der Waals surface area contributed by atoms with Crippen molar-refractivity contribution in [2.45, 2.75) is 44.8 Å². The fraction of sp³-hybridized carbons (Fsp3) is 0.917. The molecular weight excluding hydrogens is 240 g/mol. The van der Waals surface area contributed by atoms with E-state index in [1.807, 2.05) is 4.90 Å². The molecule has 2 aliphatic rings. The van der Waals surface area contributed by atoms with E-state index in [-0.39, 0.29) is 30.5 Å². The first kappa shape index (κ1) is 14.7. The van der Waals surface area contributed by atoms with Gasteiger partial charge in [-0.15, -0.1) is 12.4 Å². The minimum absolute atomic E-state index is 0. The second-order valence-electron chi connectivity index (χ2n) is 5.05. The maximum absolute atomic E-state index is 12.2. The molecule has 0 saturated carbocycles. The predicted octanol–water partition coefficient (Wildman–Crippen LogP) is 1.17. The molecule has 5 heteroatoms. The first-order valence-electron chi connectivity index (χ1n) is 6.34. The molecule has 0 aromatic rings. The lowest BCUT2D eigenvalue weighted by Gasteiger charge is -2.39. The molecule has 2 rings (SSSR count). The van der Waals surface area contributed by atoms with Crippen LogP contribution in [-0.2, 0) is 9.53 Å². The van der Waals surface area contributed by atoms with Crippen LogP contribution in [0.25, 0.3) is 0 Å². The van der Waals surface area contributed by atoms with E-state index in [9.17, 15) is 4.79 Å². The smallest absolute Gasteiger partial charge is 0.251 e. The number of carbonyl (C=O) groups is 1. The summed E-state index contributed by atoms with van der Waals surface area (Å²) in [7, 11) is 0. The van der Waals surface area contributed by atoms with Gasteiger partial charge >= 0.3 is 0 Å². The van der Waals surface area contributed by atoms with Crippen molar-refractivity contribution in [2.75, 3.05) is 19.7 Å². The quantitative estimate of drug-likeness (QED) is 0.813. The van der Waals surface area contributed by atoms with Crippen LogP contribution >= 0.6 is 12.4 Å². The molecule has 0 radical (unpaired) electrons. The molecule has 2 fully saturated rings. The lowest BCUT2D eigenvalue weighted by Crippen LogP contribution is -2.52. The van der Waals surface area contributed by atoms with E-state index in [0.717, 1.165) is 38.8 Å². The summed E-state index contributed by atoms with van der Waals surface area (Å²) >= 11 is 0. The van der Waals surface area contributed by atoms with Crippen LogP contribution in [0.3, 0.4) is 0 Å². The van der Waals surface area contributed by atoms with Crippen molar-refractivity contribution in [1.29, 1.82) is 0 Å². The summed E-state index contributed by atoms with van der Waals surface area (Å²) in [6, 6.07) is 0.223. The Morgan fingerprint density at radius 3 is 2.82 bits per heavy atom. The molecule has 2 saturated heterocycles. The van der Waals surface area contributed by atoms with Crippen LogP contribution in [0, 0.1) is 5.92 Å². The van der Waals surface area contributed by atoms with Gasteiger partial charge in [0.2, 0.25) is 0 Å². The number of halogens is 1. The summed E-state index contributed by atoms with van der Waals surface area (Å²) in [5.74, 6) is 0.849. The van der Waals surface area contributed by atoms with Crippen LogP contribution in [0.15, 0.2) is 0 Å². The Morgan fingerprint density at radius 2 is 2.24 bits per heavy atom. The summed E-state index contributed by atoms with van der Waals surface area (Å²) in [6.45, 7) is 4.38. The highest BCUT2D eigenvalue weighted by Crippen LogP contribution is 2.24. The average molecular weight is 263 g/mol. The maximum atomic E-state index is 12.2. The summed E-state index contributed by atoms with van der Waals surface area (Å²) in [5, 5.41) is 0. The van der Waals surface area contributed by atoms with Gasteiger partial charge in [-0.2, -0.15) is 0 Å². The van der Waals surface area contributed by atoms with Crippen molar-refractivity contribution in [3.8, 4) is 0 Å². The standard InChI is InChI=1S/C12H22N2O2.ClH/c1-9-4-5-14(10(7-9)8-13)12(15)11-3-2-6-16-11;/h9-11H,2-8,13H2,1H3;1H. The van der Waals surface area contributed by atoms with E-state index < -0.39 is 0 Å². The van der Waals surface area contributed by atoms with Crippen LogP contribution in [0.4, 0.5) is 0 Å². The highest BCUT2D eigenvalue weighted by atomic mass is 35.5. The van der Waals surface area contributed by atoms with E-state index in [2.05, 4.69) is 6.92 Å². The molecule has 0 aliphatic carbocycles. The van der Waals surface area contributed by atoms with Gasteiger partial charge in [-0.25, -0.2) is 0 Å². The average Bonchev–Trinajstić information content (AvgIpc) is 2.81. The van der Waals surface area contributed by atoms with Crippen molar-refractivity contribution in [2.24, 2.45) is 11.7 Å². The maximum Gasteiger partial charge on any atom is 0.251 e. The van der Waals surface area contributed by atoms with Gasteiger partial charge in [0.1, 0.15) is 6.10 Å². The van der Waals surface area contributed by atoms with Crippen LogP contribution in [0.2, 0.25) is 0 Å². The zero-order valence-corrected chi connectivity index (χ0v) is 11.2. The third-order valence-electron chi connectivity index (χ3n) is 3.74. The Labute approximate surface area is 109 Å². The highest BCUT2D eigenvalue weighted by molar-refractivity contribution is 5.85. The predicted molar refractivity (Wildman–Crippen MR) is 69.2 cm³/mol. The first-order chi connectivity index (χ1) is 7.72. The molecule has 0 aromatic carbocycles. The Balaban J connectivity index is 0.00000144. The van der Waals surface area contributed by atoms with Crippen molar-refractivity contribution in [3.63, 3.8) is 0 Å². The van der Waals surface area contributed by atoms with Gasteiger partial charge in [0, 0.05) is 25.7 Å². The van der Waals surface area contributed by atoms with Crippen molar-refractivity contribution in [1.82, 2.24) is 4.90 Å². The molecule has 0 bridgehead atoms. The van der Waals surface area contributed by atoms with E-state index in [1.165, 1.54) is 0 Å². The fourth-order valence-corrected chi connectivity index (χ4v) is 2.72. The van der Waals surface area contributed by atoms with Crippen LogP contribution in [0.1, 0.15) is 32.6 Å². The summed E-state index contributed by atoms with van der Waals surface area (Å²) in [5.41, 5.74) is 5.76. The lowest BCUT2D eigenvalue weighted by atomic mass is 9.92. The summed E-state index contributed by atoms with van der Waals surface area (Å²) in [4.78, 5) is 14.2. The number of piperidine rings is 1. The molecule has 2 aliphatic heterocycles. The number of hydrogen-bond donors (Lipinski definition) is 1. The second kappa shape index (κ2) is 6.57. The Hall–Kier alpha value is -0.320. The number of ether oxygens (including phenoxy) is 1. The Morgan fingerprint density at radius 1 is 1.47 bits per heavy atom. The molecule has 3 unspecified atom stereocenters. The number of amides is 1. The van der Waals surface area contributed by atoms with E-state index in [4.69, 9.17) is 10.5 Å². The van der Waals surface area contributed by atoms with Gasteiger partial charge in [0.15, 0.2) is 0 Å². The zero-order valence-electron chi connectivity index (χ0n) is 10.4. The molecular formula is C12H23ClN2O2. The minimum atomic E-state index is -0.192. The number of hydrogen-bond acceptors (Lipinski definition) is 3. The van der Waals surface area contributed by atoms with Crippen molar-refractivity contribution < 1.29 is 9.53 Å². The number of nitrogens with two attached hydrogens (primary N) is 1. The highest BCUT2D eigenvalue weighted by Gasteiger charge is 2.34. The van der Waals surface area contributed by atoms with E-state index >= 15 is 0 Å². The normalized spacial score (nSPS) is 33.3. The van der Waals surface area contributed by atoms with Gasteiger partial charge in [-0.05, 0) is 31.6 Å². The van der Waals surface area contributed by atoms with Crippen molar-refractivity contribution in [3.05, 3.63) is 0 Å². The van der Waals surface area contributed by atoms with Gasteiger partial charge in [-0.3, -0.25) is 4.79 Å². The summed E-state index contributed by atoms with van der Waals surface area (Å²) in [6.07, 6.45) is 3.82. The topological polar surface area (TPSA) is 55.6 Å². The lowest BCUT2D eigenvalue weighted by molar-refractivity contribution is -0.145. The Kier molecular flexibility index (Phi) is 5.70. The molecule has 4 nitrogen and oxygen atoms in total. The molecule has 17 heavy (non-hydrogen) atoms. The van der Waals surface area contributed by atoms with Gasteiger partial charge in [0.25, 0.3) is 5.91 Å². The SMILES string of the molecule is CC1CCN(C(=O)C2CCCO2)C(CN)C1.Cl. The van der Waals surface area contributed by atoms with Crippen LogP contribution in [0.5, 0.6) is 0 Å². The summed E-state index contributed by atoms with van der Waals surface area (Å²) < 4.78 is 5.46. The molecule has 0 aromatic heterocycles. The number of likely N-dealkylation sites (tertiary alicyclic amines) is 1. The van der Waals surface area contributed by atoms with Gasteiger partial charge in [0.05, 0.1) is 0 Å². The fourth-order valence-electron chi connectivity index (χ4n) is 2.72. The molecule has 0 spiro atoms. The minimum Gasteiger partial charge on any atom is -0.368 e. The molecule has 2 N–H and O–H groups in total. The van der Waals surface area contributed by atoms with Gasteiger partial charge in [-0.1, -0.05) is 6.92 Å². The third kappa shape index (κ3) is 3.33. The molecule has 3 atom stereocenters. The zero-order chi connectivity index (χ0) is 11.5. The first-order valence-corrected chi connectivity index (χ1v) is 6.34. The number of nitrogens with zero attached hydrogens (tertiary/aromatic N) is 1. The molecule has 100 valence electrons. The largest absolute Gasteiger partial charge is 0.368 e. The number of carbonyl (C=O) groups excluding carboxylic acids is 1. The second-order valence-corrected chi connectivity index (χ2v) is 5.05. The molecule has 1 amide bonds. The Bertz CT molecular complexity index is 257. The monoisotopic (exact) mass is 262 g/mol. The third-order valence-corrected chi connectivity index (χ3v) is 3.74. The number of rotatable bonds is 2. The van der Waals surface area contributed by atoms with E-state index in [1.54, 1.807) is 0 Å².